The van der Waals surface area contributed by atoms with Crippen molar-refractivity contribution in [2.45, 2.75) is 20.8 Å². The van der Waals surface area contributed by atoms with Gasteiger partial charge < -0.3 is 4.98 Å². The van der Waals surface area contributed by atoms with Crippen molar-refractivity contribution in [3.63, 3.8) is 0 Å². The van der Waals surface area contributed by atoms with Crippen LogP contribution in [0.4, 0.5) is 0 Å². The van der Waals surface area contributed by atoms with Crippen LogP contribution < -0.4 is 0 Å². The fraction of sp³-hybridized carbons (Fsp3) is 0.273. The highest BCUT2D eigenvalue weighted by Gasteiger charge is 1.92. The molecule has 0 radical (unpaired) electrons. The molecule has 66 valence electrons. The Bertz CT molecular complexity index is 243. The second-order valence-electron chi connectivity index (χ2n) is 2.05. The largest absolute Gasteiger partial charge is 0.361 e. The number of nitrogens with one attached hydrogen (secondary N) is 1. The summed E-state index contributed by atoms with van der Waals surface area (Å²) in [5.41, 5.74) is 2.27. The highest BCUT2D eigenvalue weighted by Crippen LogP contribution is 2.08. The van der Waals surface area contributed by atoms with E-state index in [1.807, 2.05) is 51.3 Å². The lowest BCUT2D eigenvalue weighted by molar-refractivity contribution is 1.37. The molecule has 0 saturated heterocycles. The van der Waals surface area contributed by atoms with Gasteiger partial charge in [-0.05, 0) is 24.6 Å². The number of rotatable bonds is 2. The molecule has 1 aromatic heterocycles. The van der Waals surface area contributed by atoms with E-state index in [9.17, 15) is 0 Å². The minimum absolute atomic E-state index is 1.12. The van der Waals surface area contributed by atoms with E-state index in [1.54, 1.807) is 0 Å². The van der Waals surface area contributed by atoms with E-state index in [0.717, 1.165) is 11.3 Å². The van der Waals surface area contributed by atoms with Crippen molar-refractivity contribution in [3.05, 3.63) is 36.2 Å². The molecule has 1 heteroatoms. The molecule has 0 unspecified atom stereocenters. The monoisotopic (exact) mass is 163 g/mol. The lowest BCUT2D eigenvalue weighted by Crippen LogP contribution is -1.72. The van der Waals surface area contributed by atoms with Crippen LogP contribution in [-0.4, -0.2) is 4.98 Å². The lowest BCUT2D eigenvalue weighted by Gasteiger charge is -1.88. The summed E-state index contributed by atoms with van der Waals surface area (Å²) in [4.78, 5) is 3.10. The summed E-state index contributed by atoms with van der Waals surface area (Å²) in [6.45, 7) is 9.69. The van der Waals surface area contributed by atoms with Crippen molar-refractivity contribution < 1.29 is 0 Å². The Balaban J connectivity index is 0.000000561. The molecule has 0 aliphatic heterocycles. The Hall–Kier alpha value is -1.24. The molecule has 0 bridgehead atoms. The summed E-state index contributed by atoms with van der Waals surface area (Å²) in [7, 11) is 0. The van der Waals surface area contributed by atoms with Crippen LogP contribution in [-0.2, 0) is 0 Å². The van der Waals surface area contributed by atoms with Crippen LogP contribution in [0, 0.1) is 0 Å². The summed E-state index contributed by atoms with van der Waals surface area (Å²) in [5.74, 6) is 0. The van der Waals surface area contributed by atoms with Gasteiger partial charge in [0.05, 0.1) is 0 Å². The Morgan fingerprint density at radius 3 is 2.58 bits per heavy atom. The molecule has 0 aromatic carbocycles. The third-order valence-electron chi connectivity index (χ3n) is 1.37. The van der Waals surface area contributed by atoms with Gasteiger partial charge in [-0.1, -0.05) is 32.6 Å². The summed E-state index contributed by atoms with van der Waals surface area (Å²) < 4.78 is 0. The van der Waals surface area contributed by atoms with Crippen molar-refractivity contribution in [2.24, 2.45) is 0 Å². The van der Waals surface area contributed by atoms with Crippen molar-refractivity contribution in [1.29, 1.82) is 0 Å². The van der Waals surface area contributed by atoms with E-state index in [0.29, 0.717) is 0 Å². The van der Waals surface area contributed by atoms with Gasteiger partial charge >= 0.3 is 0 Å². The molecule has 0 spiro atoms. The first-order chi connectivity index (χ1) is 5.88. The van der Waals surface area contributed by atoms with Crippen LogP contribution in [0.15, 0.2) is 24.9 Å². The van der Waals surface area contributed by atoms with Gasteiger partial charge in [0.15, 0.2) is 0 Å². The van der Waals surface area contributed by atoms with E-state index in [-0.39, 0.29) is 0 Å². The Kier molecular flexibility index (Phi) is 5.80. The SMILES string of the molecule is C=Cc1cc[nH]c1/C=C\C.CC. The first kappa shape index (κ1) is 10.8. The van der Waals surface area contributed by atoms with Crippen LogP contribution >= 0.6 is 0 Å². The third-order valence-corrected chi connectivity index (χ3v) is 1.37. The molecular weight excluding hydrogens is 146 g/mol. The average molecular weight is 163 g/mol. The molecule has 1 heterocycles. The summed E-state index contributed by atoms with van der Waals surface area (Å²) in [6.07, 6.45) is 7.77. The van der Waals surface area contributed by atoms with E-state index < -0.39 is 0 Å². The second-order valence-corrected chi connectivity index (χ2v) is 2.05. The maximum Gasteiger partial charge on any atom is 0.0450 e. The van der Waals surface area contributed by atoms with Gasteiger partial charge in [-0.15, -0.1) is 0 Å². The molecule has 0 saturated carbocycles. The van der Waals surface area contributed by atoms with Crippen molar-refractivity contribution in [2.75, 3.05) is 0 Å². The van der Waals surface area contributed by atoms with Crippen molar-refractivity contribution in [3.8, 4) is 0 Å². The molecule has 1 nitrogen and oxygen atoms in total. The molecule has 1 aromatic rings. The first-order valence-electron chi connectivity index (χ1n) is 4.31. The number of hydrogen-bond acceptors (Lipinski definition) is 0. The second kappa shape index (κ2) is 6.47. The normalized spacial score (nSPS) is 9.25. The van der Waals surface area contributed by atoms with Gasteiger partial charge in [-0.2, -0.15) is 0 Å². The maximum atomic E-state index is 3.69. The Morgan fingerprint density at radius 2 is 2.08 bits per heavy atom. The minimum atomic E-state index is 1.12. The van der Waals surface area contributed by atoms with Crippen LogP contribution in [0.1, 0.15) is 32.0 Å². The maximum absolute atomic E-state index is 3.69. The fourth-order valence-corrected chi connectivity index (χ4v) is 0.883. The zero-order valence-electron chi connectivity index (χ0n) is 8.09. The smallest absolute Gasteiger partial charge is 0.0450 e. The number of H-pyrrole nitrogens is 1. The molecular formula is C11H17N. The summed E-state index contributed by atoms with van der Waals surface area (Å²) >= 11 is 0. The van der Waals surface area contributed by atoms with Gasteiger partial charge in [-0.25, -0.2) is 0 Å². The Labute approximate surface area is 74.8 Å². The summed E-state index contributed by atoms with van der Waals surface area (Å²) in [6, 6.07) is 2.00. The quantitative estimate of drug-likeness (QED) is 0.684. The van der Waals surface area contributed by atoms with E-state index in [1.165, 1.54) is 0 Å². The van der Waals surface area contributed by atoms with Gasteiger partial charge in [-0.3, -0.25) is 0 Å². The van der Waals surface area contributed by atoms with Crippen LogP contribution in [0.25, 0.3) is 12.2 Å². The number of allylic oxidation sites excluding steroid dienone is 1. The average Bonchev–Trinajstić information content (AvgIpc) is 2.56. The predicted octanol–water partition coefficient (Wildman–Crippen LogP) is 3.72. The minimum Gasteiger partial charge on any atom is -0.361 e. The lowest BCUT2D eigenvalue weighted by atomic mass is 10.2. The Morgan fingerprint density at radius 1 is 1.42 bits per heavy atom. The zero-order chi connectivity index (χ0) is 9.40. The van der Waals surface area contributed by atoms with Gasteiger partial charge in [0.25, 0.3) is 0 Å². The van der Waals surface area contributed by atoms with E-state index in [4.69, 9.17) is 0 Å². The highest BCUT2D eigenvalue weighted by atomic mass is 14.7. The van der Waals surface area contributed by atoms with Gasteiger partial charge in [0.1, 0.15) is 0 Å². The van der Waals surface area contributed by atoms with Crippen LogP contribution in [0.5, 0.6) is 0 Å². The molecule has 0 fully saturated rings. The third kappa shape index (κ3) is 2.79. The van der Waals surface area contributed by atoms with Gasteiger partial charge in [0.2, 0.25) is 0 Å². The number of hydrogen-bond donors (Lipinski definition) is 1. The first-order valence-corrected chi connectivity index (χ1v) is 4.31. The van der Waals surface area contributed by atoms with E-state index in [2.05, 4.69) is 11.6 Å². The fourth-order valence-electron chi connectivity index (χ4n) is 0.883. The van der Waals surface area contributed by atoms with Crippen LogP contribution in [0.2, 0.25) is 0 Å². The topological polar surface area (TPSA) is 15.8 Å². The molecule has 0 amide bonds. The molecule has 0 atom stereocenters. The zero-order valence-corrected chi connectivity index (χ0v) is 8.09. The predicted molar refractivity (Wildman–Crippen MR) is 56.9 cm³/mol. The molecule has 0 aliphatic rings. The van der Waals surface area contributed by atoms with E-state index >= 15 is 0 Å². The van der Waals surface area contributed by atoms with Crippen LogP contribution in [0.3, 0.4) is 0 Å². The molecule has 1 N–H and O–H groups in total. The van der Waals surface area contributed by atoms with Crippen molar-refractivity contribution in [1.82, 2.24) is 4.98 Å². The van der Waals surface area contributed by atoms with Crippen molar-refractivity contribution >= 4 is 12.2 Å². The molecule has 1 rings (SSSR count). The summed E-state index contributed by atoms with van der Waals surface area (Å²) in [5, 5.41) is 0. The number of aromatic nitrogens is 1. The standard InChI is InChI=1S/C9H11N.C2H6/c1-3-5-9-8(4-2)6-7-10-9;1-2/h3-7,10H,2H2,1H3;1-2H3/b5-3-;. The molecule has 12 heavy (non-hydrogen) atoms. The molecule has 0 aliphatic carbocycles. The van der Waals surface area contributed by atoms with Gasteiger partial charge in [0, 0.05) is 11.9 Å². The highest BCUT2D eigenvalue weighted by molar-refractivity contribution is 5.61. The number of aromatic amines is 1.